The highest BCUT2D eigenvalue weighted by atomic mass is 16.5. The number of aryl methyl sites for hydroxylation is 1. The third-order valence-corrected chi connectivity index (χ3v) is 5.31. The zero-order valence-corrected chi connectivity index (χ0v) is 14.1. The number of hydrogen-bond donors (Lipinski definition) is 0. The maximum Gasteiger partial charge on any atom is 0.0594 e. The van der Waals surface area contributed by atoms with Crippen LogP contribution >= 0.6 is 0 Å². The molecule has 124 valence electrons. The highest BCUT2D eigenvalue weighted by Gasteiger charge is 2.22. The lowest BCUT2D eigenvalue weighted by molar-refractivity contribution is 0.0369. The van der Waals surface area contributed by atoms with Gasteiger partial charge in [-0.05, 0) is 25.1 Å². The average Bonchev–Trinajstić information content (AvgIpc) is 2.90. The molecule has 0 bridgehead atoms. The Kier molecular flexibility index (Phi) is 4.38. The summed E-state index contributed by atoms with van der Waals surface area (Å²) in [6.45, 7) is 8.56. The Morgan fingerprint density at radius 1 is 1.04 bits per heavy atom. The molecule has 0 N–H and O–H groups in total. The maximum atomic E-state index is 5.44. The molecule has 0 unspecified atom stereocenters. The van der Waals surface area contributed by atoms with Gasteiger partial charge < -0.3 is 14.2 Å². The second-order valence-electron chi connectivity index (χ2n) is 6.89. The van der Waals surface area contributed by atoms with E-state index in [1.54, 1.807) is 11.3 Å². The number of ether oxygens (including phenoxy) is 1. The molecule has 1 fully saturated rings. The Hall–Kier alpha value is -1.36. The van der Waals surface area contributed by atoms with Crippen LogP contribution in [0, 0.1) is 0 Å². The summed E-state index contributed by atoms with van der Waals surface area (Å²) < 4.78 is 8.04. The fraction of sp³-hybridized carbons (Fsp3) is 0.579. The lowest BCUT2D eigenvalue weighted by Crippen LogP contribution is -2.37. The van der Waals surface area contributed by atoms with E-state index in [9.17, 15) is 0 Å². The van der Waals surface area contributed by atoms with Crippen LogP contribution in [0.25, 0.3) is 10.9 Å². The molecule has 4 heteroatoms. The zero-order chi connectivity index (χ0) is 15.6. The summed E-state index contributed by atoms with van der Waals surface area (Å²) in [4.78, 5) is 4.97. The topological polar surface area (TPSA) is 20.6 Å². The maximum absolute atomic E-state index is 5.44. The molecule has 0 radical (unpaired) electrons. The number of benzene rings is 1. The van der Waals surface area contributed by atoms with Crippen LogP contribution in [0.5, 0.6) is 0 Å². The number of hydrogen-bond acceptors (Lipinski definition) is 3. The van der Waals surface area contributed by atoms with E-state index in [1.165, 1.54) is 36.8 Å². The highest BCUT2D eigenvalue weighted by molar-refractivity contribution is 5.85. The van der Waals surface area contributed by atoms with E-state index >= 15 is 0 Å². The van der Waals surface area contributed by atoms with Gasteiger partial charge in [0.2, 0.25) is 0 Å². The summed E-state index contributed by atoms with van der Waals surface area (Å²) in [5.41, 5.74) is 4.56. The van der Waals surface area contributed by atoms with Crippen molar-refractivity contribution in [2.24, 2.45) is 0 Å². The van der Waals surface area contributed by atoms with Crippen LogP contribution in [-0.2, 0) is 24.2 Å². The molecule has 23 heavy (non-hydrogen) atoms. The van der Waals surface area contributed by atoms with Gasteiger partial charge in [-0.2, -0.15) is 0 Å². The number of rotatable bonds is 4. The van der Waals surface area contributed by atoms with E-state index in [-0.39, 0.29) is 0 Å². The van der Waals surface area contributed by atoms with E-state index in [0.29, 0.717) is 0 Å². The van der Waals surface area contributed by atoms with Crippen LogP contribution in [-0.4, -0.2) is 60.8 Å². The second-order valence-corrected chi connectivity index (χ2v) is 6.89. The van der Waals surface area contributed by atoms with Crippen molar-refractivity contribution < 1.29 is 4.74 Å². The van der Waals surface area contributed by atoms with Gasteiger partial charge in [-0.1, -0.05) is 18.2 Å². The summed E-state index contributed by atoms with van der Waals surface area (Å²) in [6, 6.07) is 8.94. The quantitative estimate of drug-likeness (QED) is 0.864. The van der Waals surface area contributed by atoms with Crippen molar-refractivity contribution >= 4 is 10.9 Å². The predicted octanol–water partition coefficient (Wildman–Crippen LogP) is 2.35. The zero-order valence-electron chi connectivity index (χ0n) is 14.1. The van der Waals surface area contributed by atoms with Gasteiger partial charge in [-0.3, -0.25) is 4.90 Å². The first-order valence-corrected chi connectivity index (χ1v) is 8.90. The molecule has 0 amide bonds. The number of fused-ring (bicyclic) bond motifs is 3. The monoisotopic (exact) mass is 313 g/mol. The third kappa shape index (κ3) is 3.03. The van der Waals surface area contributed by atoms with Gasteiger partial charge in [-0.25, -0.2) is 0 Å². The lowest BCUT2D eigenvalue weighted by atomic mass is 10.1. The SMILES string of the molecule is CN1CCc2c(c3ccccc3n2CCCN2CCOCC2)C1. The Morgan fingerprint density at radius 3 is 2.74 bits per heavy atom. The van der Waals surface area contributed by atoms with Gasteiger partial charge in [0.15, 0.2) is 0 Å². The first-order valence-electron chi connectivity index (χ1n) is 8.90. The van der Waals surface area contributed by atoms with Crippen LogP contribution in [0.1, 0.15) is 17.7 Å². The van der Waals surface area contributed by atoms with Gasteiger partial charge in [0, 0.05) is 62.3 Å². The van der Waals surface area contributed by atoms with Crippen molar-refractivity contribution in [2.75, 3.05) is 46.4 Å². The average molecular weight is 313 g/mol. The molecular formula is C19H27N3O. The van der Waals surface area contributed by atoms with E-state index in [0.717, 1.165) is 39.4 Å². The molecule has 0 atom stereocenters. The Balaban J connectivity index is 1.54. The normalized spacial score (nSPS) is 20.0. The first kappa shape index (κ1) is 15.2. The Bertz CT molecular complexity index is 673. The van der Waals surface area contributed by atoms with Crippen molar-refractivity contribution in [2.45, 2.75) is 25.9 Å². The van der Waals surface area contributed by atoms with Gasteiger partial charge in [0.1, 0.15) is 0 Å². The molecule has 0 saturated carbocycles. The number of para-hydroxylation sites is 1. The highest BCUT2D eigenvalue weighted by Crippen LogP contribution is 2.30. The summed E-state index contributed by atoms with van der Waals surface area (Å²) >= 11 is 0. The van der Waals surface area contributed by atoms with E-state index in [1.807, 2.05) is 0 Å². The Morgan fingerprint density at radius 2 is 1.87 bits per heavy atom. The molecule has 2 aliphatic rings. The molecule has 0 spiro atoms. The van der Waals surface area contributed by atoms with Crippen LogP contribution < -0.4 is 0 Å². The minimum absolute atomic E-state index is 0.897. The standard InChI is InChI=1S/C19H27N3O/c1-20-10-7-19-17(15-20)16-5-2-3-6-18(16)22(19)9-4-8-21-11-13-23-14-12-21/h2-3,5-6H,4,7-15H2,1H3. The molecule has 1 aromatic heterocycles. The summed E-state index contributed by atoms with van der Waals surface area (Å²) in [6.07, 6.45) is 2.40. The van der Waals surface area contributed by atoms with Gasteiger partial charge in [-0.15, -0.1) is 0 Å². The smallest absolute Gasteiger partial charge is 0.0594 e. The van der Waals surface area contributed by atoms with Crippen molar-refractivity contribution in [1.82, 2.24) is 14.4 Å². The minimum atomic E-state index is 0.897. The lowest BCUT2D eigenvalue weighted by Gasteiger charge is -2.27. The summed E-state index contributed by atoms with van der Waals surface area (Å²) in [5, 5.41) is 1.46. The molecule has 1 saturated heterocycles. The van der Waals surface area contributed by atoms with Gasteiger partial charge in [0.25, 0.3) is 0 Å². The van der Waals surface area contributed by atoms with Gasteiger partial charge in [0.05, 0.1) is 13.2 Å². The molecule has 2 aliphatic heterocycles. The van der Waals surface area contributed by atoms with Crippen molar-refractivity contribution in [3.05, 3.63) is 35.5 Å². The molecule has 4 rings (SSSR count). The Labute approximate surface area is 138 Å². The van der Waals surface area contributed by atoms with Gasteiger partial charge >= 0.3 is 0 Å². The molecule has 4 nitrogen and oxygen atoms in total. The number of morpholine rings is 1. The third-order valence-electron chi connectivity index (χ3n) is 5.31. The minimum Gasteiger partial charge on any atom is -0.379 e. The van der Waals surface area contributed by atoms with Crippen molar-refractivity contribution in [3.8, 4) is 0 Å². The summed E-state index contributed by atoms with van der Waals surface area (Å²) in [5.74, 6) is 0. The summed E-state index contributed by atoms with van der Waals surface area (Å²) in [7, 11) is 2.23. The fourth-order valence-electron chi connectivity index (χ4n) is 4.07. The van der Waals surface area contributed by atoms with Crippen LogP contribution in [0.4, 0.5) is 0 Å². The van der Waals surface area contributed by atoms with Crippen LogP contribution in [0.2, 0.25) is 0 Å². The van der Waals surface area contributed by atoms with Crippen LogP contribution in [0.3, 0.4) is 0 Å². The van der Waals surface area contributed by atoms with E-state index in [2.05, 4.69) is 45.7 Å². The number of aromatic nitrogens is 1. The molecule has 1 aromatic carbocycles. The van der Waals surface area contributed by atoms with Crippen LogP contribution in [0.15, 0.2) is 24.3 Å². The second kappa shape index (κ2) is 6.63. The first-order chi connectivity index (χ1) is 11.3. The molecular weight excluding hydrogens is 286 g/mol. The van der Waals surface area contributed by atoms with Crippen molar-refractivity contribution in [3.63, 3.8) is 0 Å². The van der Waals surface area contributed by atoms with Crippen molar-refractivity contribution in [1.29, 1.82) is 0 Å². The number of nitrogens with zero attached hydrogens (tertiary/aromatic N) is 3. The molecule has 0 aliphatic carbocycles. The number of likely N-dealkylation sites (N-methyl/N-ethyl adjacent to an activating group) is 1. The van der Waals surface area contributed by atoms with E-state index in [4.69, 9.17) is 4.74 Å². The van der Waals surface area contributed by atoms with E-state index < -0.39 is 0 Å². The molecule has 2 aromatic rings. The molecule has 3 heterocycles. The largest absolute Gasteiger partial charge is 0.379 e. The fourth-order valence-corrected chi connectivity index (χ4v) is 4.07. The predicted molar refractivity (Wildman–Crippen MR) is 93.9 cm³/mol.